The number of pyridine rings is 1. The molecule has 3 N–H and O–H groups in total. The molecular weight excluding hydrogens is 464 g/mol. The molecule has 0 radical (unpaired) electrons. The van der Waals surface area contributed by atoms with Gasteiger partial charge in [-0.05, 0) is 42.6 Å². The summed E-state index contributed by atoms with van der Waals surface area (Å²) in [5.74, 6) is 6.15. The Hall–Kier alpha value is -4.90. The Morgan fingerprint density at radius 2 is 1.84 bits per heavy atom. The third kappa shape index (κ3) is 4.43. The van der Waals surface area contributed by atoms with E-state index in [1.807, 2.05) is 75.4 Å². The van der Waals surface area contributed by atoms with Crippen molar-refractivity contribution in [3.8, 4) is 17.5 Å². The number of para-hydroxylation sites is 1. The molecule has 2 aromatic carbocycles. The van der Waals surface area contributed by atoms with E-state index in [0.717, 1.165) is 5.39 Å². The summed E-state index contributed by atoms with van der Waals surface area (Å²) in [7, 11) is 0. The number of nitrogen functional groups attached to an aromatic ring is 1. The molecule has 1 amide bonds. The van der Waals surface area contributed by atoms with E-state index < -0.39 is 11.9 Å². The van der Waals surface area contributed by atoms with E-state index in [1.165, 1.54) is 4.52 Å². The summed E-state index contributed by atoms with van der Waals surface area (Å²) in [6.07, 6.45) is 3.25. The minimum atomic E-state index is -0.548. The van der Waals surface area contributed by atoms with E-state index >= 15 is 0 Å². The normalized spacial score (nSPS) is 11.9. The molecule has 184 valence electrons. The molecule has 0 saturated carbocycles. The molecule has 0 aliphatic heterocycles. The van der Waals surface area contributed by atoms with Gasteiger partial charge in [-0.3, -0.25) is 14.2 Å². The van der Waals surface area contributed by atoms with Crippen molar-refractivity contribution in [2.24, 2.45) is 5.92 Å². The number of nitrogens with zero attached hydrogens (tertiary/aromatic N) is 4. The quantitative estimate of drug-likeness (QED) is 0.369. The van der Waals surface area contributed by atoms with Gasteiger partial charge in [0.25, 0.3) is 11.5 Å². The number of aromatic nitrogens is 4. The summed E-state index contributed by atoms with van der Waals surface area (Å²) >= 11 is 0. The summed E-state index contributed by atoms with van der Waals surface area (Å²) in [5, 5.41) is 8.46. The Morgan fingerprint density at radius 1 is 1.05 bits per heavy atom. The summed E-state index contributed by atoms with van der Waals surface area (Å²) in [4.78, 5) is 31.6. The average molecular weight is 491 g/mol. The van der Waals surface area contributed by atoms with Crippen molar-refractivity contribution in [3.05, 3.63) is 100 Å². The molecule has 0 unspecified atom stereocenters. The van der Waals surface area contributed by atoms with Gasteiger partial charge in [-0.25, -0.2) is 9.50 Å². The molecule has 0 bridgehead atoms. The molecule has 5 rings (SSSR count). The van der Waals surface area contributed by atoms with E-state index in [-0.39, 0.29) is 22.9 Å². The predicted octanol–water partition coefficient (Wildman–Crippen LogP) is 4.11. The molecule has 0 aliphatic rings. The molecule has 0 spiro atoms. The van der Waals surface area contributed by atoms with Gasteiger partial charge in [0.1, 0.15) is 5.56 Å². The van der Waals surface area contributed by atoms with Crippen LogP contribution < -0.4 is 16.6 Å². The lowest BCUT2D eigenvalue weighted by Crippen LogP contribution is -2.32. The first-order valence-corrected chi connectivity index (χ1v) is 12.0. The first kappa shape index (κ1) is 23.8. The Morgan fingerprint density at radius 3 is 2.59 bits per heavy atom. The third-order valence-corrected chi connectivity index (χ3v) is 6.03. The van der Waals surface area contributed by atoms with Crippen LogP contribution in [-0.4, -0.2) is 25.1 Å². The number of nitrogens with two attached hydrogens (primary N) is 1. The maximum absolute atomic E-state index is 14.0. The number of hydrogen-bond acceptors (Lipinski definition) is 5. The van der Waals surface area contributed by atoms with Crippen molar-refractivity contribution in [2.45, 2.75) is 26.8 Å². The van der Waals surface area contributed by atoms with Crippen LogP contribution in [0.1, 0.15) is 48.4 Å². The standard InChI is InChI=1S/C29H26N6O2/c1-18(2)13-14-20-9-7-10-21-17-23(35(29(37)24(20)21)22-11-5-4-6-12-22)19(3)32-28(36)25-26(30)33-34-16-8-15-31-27(25)34/h4-12,15-19H,1-3H3,(H2,30,33)(H,32,36)/t19-/m1/s1. The summed E-state index contributed by atoms with van der Waals surface area (Å²) in [6.45, 7) is 5.85. The molecule has 1 atom stereocenters. The van der Waals surface area contributed by atoms with Crippen molar-refractivity contribution in [2.75, 3.05) is 5.73 Å². The number of carbonyl (C=O) groups is 1. The number of carbonyl (C=O) groups excluding carboxylic acids is 1. The number of anilines is 1. The predicted molar refractivity (Wildman–Crippen MR) is 145 cm³/mol. The number of benzene rings is 2. The van der Waals surface area contributed by atoms with Gasteiger partial charge in [-0.2, -0.15) is 0 Å². The summed E-state index contributed by atoms with van der Waals surface area (Å²) in [6, 6.07) is 18.1. The molecule has 37 heavy (non-hydrogen) atoms. The third-order valence-electron chi connectivity index (χ3n) is 6.03. The maximum Gasteiger partial charge on any atom is 0.264 e. The lowest BCUT2D eigenvalue weighted by atomic mass is 10.0. The van der Waals surface area contributed by atoms with Gasteiger partial charge in [0.2, 0.25) is 0 Å². The first-order valence-electron chi connectivity index (χ1n) is 12.0. The number of rotatable bonds is 4. The summed E-state index contributed by atoms with van der Waals surface area (Å²) in [5.41, 5.74) is 8.38. The molecule has 5 aromatic rings. The highest BCUT2D eigenvalue weighted by molar-refractivity contribution is 6.04. The van der Waals surface area contributed by atoms with E-state index in [4.69, 9.17) is 5.73 Å². The van der Waals surface area contributed by atoms with Crippen LogP contribution in [0.4, 0.5) is 5.82 Å². The van der Waals surface area contributed by atoms with Gasteiger partial charge in [-0.1, -0.05) is 56.0 Å². The fraction of sp³-hybridized carbons (Fsp3) is 0.172. The lowest BCUT2D eigenvalue weighted by molar-refractivity contribution is 0.0941. The van der Waals surface area contributed by atoms with Gasteiger partial charge in [0.05, 0.1) is 11.4 Å². The number of hydrogen-bond donors (Lipinski definition) is 2. The zero-order valence-corrected chi connectivity index (χ0v) is 20.8. The average Bonchev–Trinajstić information content (AvgIpc) is 3.23. The molecule has 0 aliphatic carbocycles. The van der Waals surface area contributed by atoms with Gasteiger partial charge in [0.15, 0.2) is 11.5 Å². The van der Waals surface area contributed by atoms with Crippen LogP contribution in [0, 0.1) is 17.8 Å². The van der Waals surface area contributed by atoms with Crippen LogP contribution in [0.5, 0.6) is 0 Å². The Bertz CT molecular complexity index is 1760. The molecule has 0 saturated heterocycles. The van der Waals surface area contributed by atoms with Crippen molar-refractivity contribution in [1.29, 1.82) is 0 Å². The van der Waals surface area contributed by atoms with Gasteiger partial charge < -0.3 is 11.1 Å². The van der Waals surface area contributed by atoms with Crippen LogP contribution in [-0.2, 0) is 0 Å². The minimum Gasteiger partial charge on any atom is -0.381 e. The van der Waals surface area contributed by atoms with E-state index in [9.17, 15) is 9.59 Å². The highest BCUT2D eigenvalue weighted by atomic mass is 16.2. The number of fused-ring (bicyclic) bond motifs is 2. The molecule has 0 fully saturated rings. The second-order valence-corrected chi connectivity index (χ2v) is 9.08. The fourth-order valence-corrected chi connectivity index (χ4v) is 4.33. The maximum atomic E-state index is 14.0. The zero-order valence-electron chi connectivity index (χ0n) is 20.8. The smallest absolute Gasteiger partial charge is 0.264 e. The molecule has 8 heteroatoms. The molecule has 8 nitrogen and oxygen atoms in total. The van der Waals surface area contributed by atoms with Gasteiger partial charge >= 0.3 is 0 Å². The SMILES string of the molecule is CC(C)C#Cc1cccc2cc([C@@H](C)NC(=O)c3c(N)nn4cccnc34)n(-c3ccccc3)c(=O)c12. The van der Waals surface area contributed by atoms with E-state index in [2.05, 4.69) is 27.2 Å². The number of nitrogens with one attached hydrogen (secondary N) is 1. The Labute approximate surface area is 213 Å². The molecule has 3 aromatic heterocycles. The van der Waals surface area contributed by atoms with E-state index in [1.54, 1.807) is 23.0 Å². The minimum absolute atomic E-state index is 0.0794. The summed E-state index contributed by atoms with van der Waals surface area (Å²) < 4.78 is 3.09. The van der Waals surface area contributed by atoms with Crippen LogP contribution in [0.3, 0.4) is 0 Å². The largest absolute Gasteiger partial charge is 0.381 e. The molecular formula is C29H26N6O2. The Kier molecular flexibility index (Phi) is 6.20. The number of amides is 1. The van der Waals surface area contributed by atoms with Crippen molar-refractivity contribution in [3.63, 3.8) is 0 Å². The van der Waals surface area contributed by atoms with Crippen LogP contribution in [0.2, 0.25) is 0 Å². The van der Waals surface area contributed by atoms with Crippen LogP contribution >= 0.6 is 0 Å². The fourth-order valence-electron chi connectivity index (χ4n) is 4.33. The van der Waals surface area contributed by atoms with E-state index in [0.29, 0.717) is 28.0 Å². The first-order chi connectivity index (χ1) is 17.8. The van der Waals surface area contributed by atoms with Crippen molar-refractivity contribution in [1.82, 2.24) is 24.5 Å². The molecule has 3 heterocycles. The Balaban J connectivity index is 1.66. The van der Waals surface area contributed by atoms with Crippen molar-refractivity contribution >= 4 is 28.1 Å². The topological polar surface area (TPSA) is 107 Å². The zero-order chi connectivity index (χ0) is 26.1. The monoisotopic (exact) mass is 490 g/mol. The highest BCUT2D eigenvalue weighted by Crippen LogP contribution is 2.24. The highest BCUT2D eigenvalue weighted by Gasteiger charge is 2.23. The van der Waals surface area contributed by atoms with Crippen LogP contribution in [0.25, 0.3) is 22.1 Å². The van der Waals surface area contributed by atoms with Crippen LogP contribution in [0.15, 0.2) is 77.9 Å². The van der Waals surface area contributed by atoms with Gasteiger partial charge in [-0.15, -0.1) is 5.10 Å². The van der Waals surface area contributed by atoms with Gasteiger partial charge in [0, 0.05) is 35.3 Å². The lowest BCUT2D eigenvalue weighted by Gasteiger charge is -2.21. The van der Waals surface area contributed by atoms with Crippen molar-refractivity contribution < 1.29 is 4.79 Å². The second-order valence-electron chi connectivity index (χ2n) is 9.08. The second kappa shape index (κ2) is 9.63.